The molecule has 0 atom stereocenters. The average molecular weight is 702 g/mol. The lowest BCUT2D eigenvalue weighted by atomic mass is 10.1. The van der Waals surface area contributed by atoms with Crippen LogP contribution in [0.1, 0.15) is 0 Å². The summed E-state index contributed by atoms with van der Waals surface area (Å²) >= 11 is 1.88. The summed E-state index contributed by atoms with van der Waals surface area (Å²) in [5.41, 5.74) is 5.01. The molecule has 1 aliphatic heterocycles. The Morgan fingerprint density at radius 3 is 2.02 bits per heavy atom. The summed E-state index contributed by atoms with van der Waals surface area (Å²) < 4.78 is 8.90. The topological polar surface area (TPSA) is 39.9 Å². The summed E-state index contributed by atoms with van der Waals surface area (Å²) in [5.74, 6) is 1.51. The molecule has 6 aromatic carbocycles. The lowest BCUT2D eigenvalue weighted by Crippen LogP contribution is -2.76. The highest BCUT2D eigenvalue weighted by Crippen LogP contribution is 2.42. The Kier molecular flexibility index (Phi) is 7.37. The Labute approximate surface area is 307 Å². The lowest BCUT2D eigenvalue weighted by Gasteiger charge is -2.40. The second-order valence-corrected chi connectivity index (χ2v) is 17.8. The Morgan fingerprint density at radius 2 is 1.23 bits per heavy atom. The number of fused-ring (bicyclic) bond motifs is 6. The van der Waals surface area contributed by atoms with Crippen LogP contribution >= 0.6 is 11.8 Å². The van der Waals surface area contributed by atoms with E-state index in [4.69, 9.17) is 9.72 Å². The van der Waals surface area contributed by atoms with E-state index in [9.17, 15) is 0 Å². The molecule has 0 amide bonds. The highest BCUT2D eigenvalue weighted by molar-refractivity contribution is 8.00. The van der Waals surface area contributed by atoms with Gasteiger partial charge in [-0.05, 0) is 75.3 Å². The number of hydrogen-bond donors (Lipinski definition) is 0. The number of benzene rings is 6. The fraction of sp³-hybridized carbons (Fsp3) is 0. The van der Waals surface area contributed by atoms with Crippen molar-refractivity contribution in [1.29, 1.82) is 0 Å². The molecule has 0 saturated heterocycles. The third kappa shape index (κ3) is 4.83. The molecule has 9 aromatic rings. The van der Waals surface area contributed by atoms with Gasteiger partial charge in [0, 0.05) is 44.6 Å². The van der Waals surface area contributed by atoms with Gasteiger partial charge in [0.15, 0.2) is 8.07 Å². The highest BCUT2D eigenvalue weighted by Gasteiger charge is 2.47. The van der Waals surface area contributed by atoms with E-state index in [1.54, 1.807) is 0 Å². The van der Waals surface area contributed by atoms with Crippen LogP contribution in [0.15, 0.2) is 198 Å². The zero-order chi connectivity index (χ0) is 34.5. The summed E-state index contributed by atoms with van der Waals surface area (Å²) in [7, 11) is -2.75. The minimum atomic E-state index is -2.75. The quantitative estimate of drug-likeness (QED) is 0.163. The van der Waals surface area contributed by atoms with Gasteiger partial charge in [-0.25, -0.2) is 4.98 Å². The van der Waals surface area contributed by atoms with Crippen molar-refractivity contribution in [1.82, 2.24) is 14.5 Å². The zero-order valence-corrected chi connectivity index (χ0v) is 29.9. The monoisotopic (exact) mass is 701 g/mol. The van der Waals surface area contributed by atoms with Gasteiger partial charge in [-0.2, -0.15) is 0 Å². The fourth-order valence-corrected chi connectivity index (χ4v) is 15.0. The smallest absolute Gasteiger partial charge is 0.181 e. The standard InChI is InChI=1S/C46H31N3OSSi/c1-3-18-36(19-4-1)52(37-20-5-2-6-21-37)42-25-8-7-24-41(42)51-45-43(52)27-26-38-39-22-13-29-48-46(39)49(44(38)45)33-15-12-17-35(31-33)50-34-16-11-14-32(30-34)40-23-9-10-28-47-40/h1-31H. The summed E-state index contributed by atoms with van der Waals surface area (Å²) in [6.07, 6.45) is 3.71. The first-order chi connectivity index (χ1) is 25.8. The van der Waals surface area contributed by atoms with Crippen molar-refractivity contribution in [2.45, 2.75) is 9.79 Å². The number of aromatic nitrogens is 3. The number of pyridine rings is 2. The van der Waals surface area contributed by atoms with Gasteiger partial charge in [0.25, 0.3) is 0 Å². The van der Waals surface area contributed by atoms with E-state index in [0.717, 1.165) is 39.5 Å². The van der Waals surface area contributed by atoms with Gasteiger partial charge in [-0.3, -0.25) is 9.55 Å². The van der Waals surface area contributed by atoms with Gasteiger partial charge in [-0.15, -0.1) is 0 Å². The van der Waals surface area contributed by atoms with E-state index in [2.05, 4.69) is 137 Å². The summed E-state index contributed by atoms with van der Waals surface area (Å²) in [6, 6.07) is 62.8. The number of rotatable bonds is 6. The van der Waals surface area contributed by atoms with E-state index in [-0.39, 0.29) is 0 Å². The number of nitrogens with zero attached hydrogens (tertiary/aromatic N) is 3. The summed E-state index contributed by atoms with van der Waals surface area (Å²) in [6.45, 7) is 0. The highest BCUT2D eigenvalue weighted by atomic mass is 32.2. The molecule has 3 aromatic heterocycles. The second kappa shape index (κ2) is 12.5. The van der Waals surface area contributed by atoms with Crippen molar-refractivity contribution in [3.63, 3.8) is 0 Å². The minimum absolute atomic E-state index is 0.752. The van der Waals surface area contributed by atoms with Gasteiger partial charge >= 0.3 is 0 Å². The summed E-state index contributed by atoms with van der Waals surface area (Å²) in [4.78, 5) is 12.1. The summed E-state index contributed by atoms with van der Waals surface area (Å²) in [5, 5.41) is 7.88. The maximum absolute atomic E-state index is 6.55. The van der Waals surface area contributed by atoms with Crippen LogP contribution in [0.2, 0.25) is 0 Å². The molecule has 52 heavy (non-hydrogen) atoms. The number of hydrogen-bond acceptors (Lipinski definition) is 4. The molecule has 0 saturated carbocycles. The van der Waals surface area contributed by atoms with Crippen LogP contribution in [0.4, 0.5) is 0 Å². The molecule has 246 valence electrons. The van der Waals surface area contributed by atoms with Crippen molar-refractivity contribution < 1.29 is 4.74 Å². The molecule has 10 rings (SSSR count). The number of ether oxygens (including phenoxy) is 1. The van der Waals surface area contributed by atoms with Crippen molar-refractivity contribution in [3.8, 4) is 28.4 Å². The molecule has 6 heteroatoms. The van der Waals surface area contributed by atoms with Crippen molar-refractivity contribution in [2.75, 3.05) is 0 Å². The predicted octanol–water partition coefficient (Wildman–Crippen LogP) is 8.88. The molecule has 4 nitrogen and oxygen atoms in total. The second-order valence-electron chi connectivity index (χ2n) is 13.0. The largest absolute Gasteiger partial charge is 0.457 e. The maximum Gasteiger partial charge on any atom is 0.181 e. The van der Waals surface area contributed by atoms with Crippen LogP contribution in [0.5, 0.6) is 11.5 Å². The van der Waals surface area contributed by atoms with E-state index in [1.165, 1.54) is 41.4 Å². The molecule has 0 bridgehead atoms. The Bertz CT molecular complexity index is 2710. The Hall–Kier alpha value is -6.21. The van der Waals surface area contributed by atoms with Crippen molar-refractivity contribution >= 4 is 62.5 Å². The van der Waals surface area contributed by atoms with Gasteiger partial charge < -0.3 is 4.74 Å². The van der Waals surface area contributed by atoms with Crippen LogP contribution in [-0.4, -0.2) is 22.6 Å². The molecular formula is C46H31N3OSSi. The van der Waals surface area contributed by atoms with E-state index in [1.807, 2.05) is 72.7 Å². The first kappa shape index (κ1) is 30.6. The first-order valence-electron chi connectivity index (χ1n) is 17.4. The van der Waals surface area contributed by atoms with Gasteiger partial charge in [-0.1, -0.05) is 127 Å². The molecule has 1 aliphatic rings. The zero-order valence-electron chi connectivity index (χ0n) is 28.1. The van der Waals surface area contributed by atoms with Crippen LogP contribution < -0.4 is 25.5 Å². The first-order valence-corrected chi connectivity index (χ1v) is 20.2. The van der Waals surface area contributed by atoms with E-state index in [0.29, 0.717) is 0 Å². The van der Waals surface area contributed by atoms with Crippen LogP contribution in [0, 0.1) is 0 Å². The van der Waals surface area contributed by atoms with Crippen molar-refractivity contribution in [2.24, 2.45) is 0 Å². The fourth-order valence-electron chi connectivity index (χ4n) is 7.91. The third-order valence-electron chi connectivity index (χ3n) is 10.1. The normalized spacial score (nSPS) is 13.1. The van der Waals surface area contributed by atoms with E-state index >= 15 is 0 Å². The Balaban J connectivity index is 1.21. The average Bonchev–Trinajstić information content (AvgIpc) is 3.56. The third-order valence-corrected chi connectivity index (χ3v) is 16.5. The Morgan fingerprint density at radius 1 is 0.519 bits per heavy atom. The maximum atomic E-state index is 6.55. The minimum Gasteiger partial charge on any atom is -0.457 e. The molecule has 0 unspecified atom stereocenters. The molecule has 0 aliphatic carbocycles. The van der Waals surface area contributed by atoms with Crippen LogP contribution in [0.3, 0.4) is 0 Å². The molecule has 0 N–H and O–H groups in total. The van der Waals surface area contributed by atoms with Gasteiger partial charge in [0.1, 0.15) is 17.1 Å². The van der Waals surface area contributed by atoms with Crippen molar-refractivity contribution in [3.05, 3.63) is 188 Å². The van der Waals surface area contributed by atoms with Crippen LogP contribution in [-0.2, 0) is 0 Å². The molecule has 0 radical (unpaired) electrons. The molecule has 0 fully saturated rings. The lowest BCUT2D eigenvalue weighted by molar-refractivity contribution is 0.482. The van der Waals surface area contributed by atoms with Gasteiger partial charge in [0.2, 0.25) is 0 Å². The molecule has 0 spiro atoms. The molecular weight excluding hydrogens is 671 g/mol. The van der Waals surface area contributed by atoms with Gasteiger partial charge in [0.05, 0.1) is 16.9 Å². The predicted molar refractivity (Wildman–Crippen MR) is 216 cm³/mol. The van der Waals surface area contributed by atoms with Crippen LogP contribution in [0.25, 0.3) is 38.9 Å². The SMILES string of the molecule is c1ccc([Si]2(c3ccccc3)c3ccccc3Sc3c2ccc2c4cccnc4n(-c4cccc(Oc5cccc(-c6ccccn6)c5)c4)c32)cc1. The van der Waals surface area contributed by atoms with E-state index < -0.39 is 8.07 Å². The molecule has 4 heterocycles.